The van der Waals surface area contributed by atoms with Crippen LogP contribution in [0.15, 0.2) is 33.7 Å². The van der Waals surface area contributed by atoms with Gasteiger partial charge in [0.05, 0.1) is 24.8 Å². The number of ether oxygens (including phenoxy) is 1. The SMILES string of the molecule is CCNC(=NCC1(O)CCSC1)NC(C)c1cc2cccc(OCC)c2o1. The second-order valence-corrected chi connectivity index (χ2v) is 7.95. The Hall–Kier alpha value is -1.86. The lowest BCUT2D eigenvalue weighted by atomic mass is 10.1. The summed E-state index contributed by atoms with van der Waals surface area (Å²) in [5.74, 6) is 4.00. The van der Waals surface area contributed by atoms with E-state index in [1.807, 2.05) is 45.0 Å². The van der Waals surface area contributed by atoms with E-state index in [2.05, 4.69) is 15.6 Å². The summed E-state index contributed by atoms with van der Waals surface area (Å²) >= 11 is 1.78. The van der Waals surface area contributed by atoms with Crippen molar-refractivity contribution in [3.63, 3.8) is 0 Å². The molecule has 1 aliphatic rings. The highest BCUT2D eigenvalue weighted by atomic mass is 32.2. The van der Waals surface area contributed by atoms with Gasteiger partial charge >= 0.3 is 0 Å². The standard InChI is InChI=1S/C20H29N3O3S/c1-4-21-19(22-12-20(24)9-10-27-13-20)23-14(3)17-11-15-7-6-8-16(25-5-2)18(15)26-17/h6-8,11,14,24H,4-5,9-10,12-13H2,1-3H3,(H2,21,22,23). The van der Waals surface area contributed by atoms with Crippen molar-refractivity contribution in [2.45, 2.75) is 38.8 Å². The summed E-state index contributed by atoms with van der Waals surface area (Å²) in [7, 11) is 0. The summed E-state index contributed by atoms with van der Waals surface area (Å²) in [5.41, 5.74) is 0.0735. The van der Waals surface area contributed by atoms with Crippen LogP contribution in [0.25, 0.3) is 11.0 Å². The van der Waals surface area contributed by atoms with Gasteiger partial charge in [0.15, 0.2) is 17.3 Å². The van der Waals surface area contributed by atoms with Crippen LogP contribution in [-0.4, -0.2) is 47.9 Å². The van der Waals surface area contributed by atoms with Crippen molar-refractivity contribution in [2.75, 3.05) is 31.2 Å². The van der Waals surface area contributed by atoms with Crippen molar-refractivity contribution in [3.05, 3.63) is 30.0 Å². The molecule has 0 radical (unpaired) electrons. The summed E-state index contributed by atoms with van der Waals surface area (Å²) in [6.45, 7) is 7.77. The van der Waals surface area contributed by atoms with Gasteiger partial charge in [-0.1, -0.05) is 12.1 Å². The van der Waals surface area contributed by atoms with Crippen molar-refractivity contribution >= 4 is 28.7 Å². The van der Waals surface area contributed by atoms with E-state index in [1.165, 1.54) is 0 Å². The van der Waals surface area contributed by atoms with Crippen molar-refractivity contribution < 1.29 is 14.3 Å². The molecule has 0 spiro atoms. The highest BCUT2D eigenvalue weighted by Gasteiger charge is 2.31. The fourth-order valence-electron chi connectivity index (χ4n) is 3.08. The molecule has 27 heavy (non-hydrogen) atoms. The van der Waals surface area contributed by atoms with E-state index < -0.39 is 5.60 Å². The first kappa shape index (κ1) is 19.9. The number of rotatable bonds is 7. The van der Waals surface area contributed by atoms with Crippen LogP contribution in [0.2, 0.25) is 0 Å². The van der Waals surface area contributed by atoms with Crippen LogP contribution in [0.4, 0.5) is 0 Å². The Morgan fingerprint density at radius 2 is 2.30 bits per heavy atom. The molecule has 0 bridgehead atoms. The number of benzene rings is 1. The smallest absolute Gasteiger partial charge is 0.191 e. The normalized spacial score (nSPS) is 21.4. The molecule has 2 heterocycles. The highest BCUT2D eigenvalue weighted by Crippen LogP contribution is 2.31. The van der Waals surface area contributed by atoms with Gasteiger partial charge in [-0.25, -0.2) is 0 Å². The highest BCUT2D eigenvalue weighted by molar-refractivity contribution is 7.99. The first-order valence-corrected chi connectivity index (χ1v) is 10.7. The Labute approximate surface area is 164 Å². The van der Waals surface area contributed by atoms with Gasteiger partial charge in [-0.15, -0.1) is 0 Å². The molecule has 148 valence electrons. The molecule has 7 heteroatoms. The minimum atomic E-state index is -0.692. The summed E-state index contributed by atoms with van der Waals surface area (Å²) in [5, 5.41) is 18.2. The van der Waals surface area contributed by atoms with E-state index in [1.54, 1.807) is 11.8 Å². The third kappa shape index (κ3) is 4.90. The number of aliphatic imine (C=N–C) groups is 1. The number of aliphatic hydroxyl groups is 1. The Balaban J connectivity index is 1.74. The van der Waals surface area contributed by atoms with Crippen LogP contribution in [0.5, 0.6) is 5.75 Å². The quantitative estimate of drug-likeness (QED) is 0.496. The Morgan fingerprint density at radius 1 is 1.44 bits per heavy atom. The predicted molar refractivity (Wildman–Crippen MR) is 112 cm³/mol. The van der Waals surface area contributed by atoms with Crippen molar-refractivity contribution in [3.8, 4) is 5.75 Å². The van der Waals surface area contributed by atoms with E-state index in [9.17, 15) is 5.11 Å². The maximum Gasteiger partial charge on any atom is 0.191 e. The van der Waals surface area contributed by atoms with Crippen molar-refractivity contribution in [1.82, 2.24) is 10.6 Å². The van der Waals surface area contributed by atoms with Crippen LogP contribution < -0.4 is 15.4 Å². The molecule has 3 N–H and O–H groups in total. The Kier molecular flexibility index (Phi) is 6.55. The maximum atomic E-state index is 10.5. The second-order valence-electron chi connectivity index (χ2n) is 6.84. The lowest BCUT2D eigenvalue weighted by Crippen LogP contribution is -2.41. The largest absolute Gasteiger partial charge is 0.490 e. The molecule has 6 nitrogen and oxygen atoms in total. The predicted octanol–water partition coefficient (Wildman–Crippen LogP) is 3.32. The van der Waals surface area contributed by atoms with Gasteiger partial charge in [0.2, 0.25) is 0 Å². The summed E-state index contributed by atoms with van der Waals surface area (Å²) in [6, 6.07) is 7.86. The number of nitrogens with one attached hydrogen (secondary N) is 2. The van der Waals surface area contributed by atoms with Crippen LogP contribution in [0.3, 0.4) is 0 Å². The summed E-state index contributed by atoms with van der Waals surface area (Å²) in [4.78, 5) is 4.60. The van der Waals surface area contributed by atoms with E-state index in [0.717, 1.165) is 47.0 Å². The van der Waals surface area contributed by atoms with Gasteiger partial charge in [-0.2, -0.15) is 11.8 Å². The molecule has 2 atom stereocenters. The summed E-state index contributed by atoms with van der Waals surface area (Å²) < 4.78 is 11.7. The fourth-order valence-corrected chi connectivity index (χ4v) is 4.37. The second kappa shape index (κ2) is 8.89. The van der Waals surface area contributed by atoms with E-state index in [0.29, 0.717) is 19.1 Å². The number of fused-ring (bicyclic) bond motifs is 1. The fraction of sp³-hybridized carbons (Fsp3) is 0.550. The molecule has 0 amide bonds. The molecular formula is C20H29N3O3S. The minimum Gasteiger partial charge on any atom is -0.490 e. The average Bonchev–Trinajstić information content (AvgIpc) is 3.28. The van der Waals surface area contributed by atoms with Gasteiger partial charge in [0, 0.05) is 17.7 Å². The van der Waals surface area contributed by atoms with Crippen LogP contribution >= 0.6 is 11.8 Å². The van der Waals surface area contributed by atoms with Crippen LogP contribution in [-0.2, 0) is 0 Å². The number of hydrogen-bond donors (Lipinski definition) is 3. The molecular weight excluding hydrogens is 362 g/mol. The third-order valence-electron chi connectivity index (χ3n) is 4.57. The minimum absolute atomic E-state index is 0.0720. The van der Waals surface area contributed by atoms with Crippen LogP contribution in [0, 0.1) is 0 Å². The third-order valence-corrected chi connectivity index (χ3v) is 5.80. The molecule has 1 aromatic heterocycles. The zero-order valence-electron chi connectivity index (χ0n) is 16.2. The molecule has 2 unspecified atom stereocenters. The summed E-state index contributed by atoms with van der Waals surface area (Å²) in [6.07, 6.45) is 0.792. The number of guanidine groups is 1. The Bertz CT molecular complexity index is 784. The van der Waals surface area contributed by atoms with Gasteiger partial charge in [-0.05, 0) is 45.1 Å². The van der Waals surface area contributed by atoms with Gasteiger partial charge in [-0.3, -0.25) is 4.99 Å². The van der Waals surface area contributed by atoms with E-state index in [4.69, 9.17) is 9.15 Å². The van der Waals surface area contributed by atoms with Gasteiger partial charge < -0.3 is 24.9 Å². The molecule has 1 aliphatic heterocycles. The number of hydrogen-bond acceptors (Lipinski definition) is 5. The number of thioether (sulfide) groups is 1. The maximum absolute atomic E-state index is 10.5. The molecule has 2 aromatic rings. The first-order chi connectivity index (χ1) is 13.0. The van der Waals surface area contributed by atoms with E-state index in [-0.39, 0.29) is 6.04 Å². The molecule has 3 rings (SSSR count). The zero-order chi connectivity index (χ0) is 19.3. The van der Waals surface area contributed by atoms with Crippen molar-refractivity contribution in [1.29, 1.82) is 0 Å². The van der Waals surface area contributed by atoms with E-state index >= 15 is 0 Å². The molecule has 1 aromatic carbocycles. The zero-order valence-corrected chi connectivity index (χ0v) is 17.1. The lowest BCUT2D eigenvalue weighted by molar-refractivity contribution is 0.0778. The number of para-hydroxylation sites is 1. The molecule has 1 fully saturated rings. The van der Waals surface area contributed by atoms with Crippen molar-refractivity contribution in [2.24, 2.45) is 4.99 Å². The number of nitrogens with zero attached hydrogens (tertiary/aromatic N) is 1. The molecule has 0 saturated carbocycles. The Morgan fingerprint density at radius 3 is 3.00 bits per heavy atom. The first-order valence-electron chi connectivity index (χ1n) is 9.55. The lowest BCUT2D eigenvalue weighted by Gasteiger charge is -2.21. The number of furan rings is 1. The topological polar surface area (TPSA) is 79.0 Å². The van der Waals surface area contributed by atoms with Crippen LogP contribution in [0.1, 0.15) is 39.0 Å². The average molecular weight is 392 g/mol. The van der Waals surface area contributed by atoms with Gasteiger partial charge in [0.1, 0.15) is 5.76 Å². The molecule has 1 saturated heterocycles. The monoisotopic (exact) mass is 391 g/mol. The molecule has 0 aliphatic carbocycles. The van der Waals surface area contributed by atoms with Gasteiger partial charge in [0.25, 0.3) is 0 Å².